The van der Waals surface area contributed by atoms with Crippen LogP contribution in [0, 0.1) is 0 Å². The number of benzene rings is 1. The molecule has 2 aromatic heterocycles. The number of nitrogens with zero attached hydrogens (tertiary/aromatic N) is 2. The van der Waals surface area contributed by atoms with Gasteiger partial charge in [0.15, 0.2) is 11.4 Å². The highest BCUT2D eigenvalue weighted by Crippen LogP contribution is 2.41. The van der Waals surface area contributed by atoms with Crippen molar-refractivity contribution >= 4 is 22.9 Å². The molecule has 21 heavy (non-hydrogen) atoms. The van der Waals surface area contributed by atoms with Crippen LogP contribution < -0.4 is 10.1 Å². The van der Waals surface area contributed by atoms with E-state index in [2.05, 4.69) is 15.3 Å². The Kier molecular flexibility index (Phi) is 2.68. The summed E-state index contributed by atoms with van der Waals surface area (Å²) in [6.45, 7) is 0. The summed E-state index contributed by atoms with van der Waals surface area (Å²) in [6.07, 6.45) is 3.41. The first-order chi connectivity index (χ1) is 10.3. The van der Waals surface area contributed by atoms with Crippen molar-refractivity contribution in [2.24, 2.45) is 0 Å². The molecule has 0 fully saturated rings. The number of hydrogen-bond acceptors (Lipinski definition) is 5. The lowest BCUT2D eigenvalue weighted by Gasteiger charge is -2.05. The minimum absolute atomic E-state index is 0.263. The largest absolute Gasteiger partial charge is 0.442 e. The Balaban J connectivity index is 1.82. The van der Waals surface area contributed by atoms with Crippen molar-refractivity contribution in [2.45, 2.75) is 0 Å². The summed E-state index contributed by atoms with van der Waals surface area (Å²) in [5.74, 6) is 0.354. The van der Waals surface area contributed by atoms with Gasteiger partial charge in [-0.05, 0) is 24.3 Å². The second-order valence-electron chi connectivity index (χ2n) is 4.45. The van der Waals surface area contributed by atoms with Gasteiger partial charge in [0.1, 0.15) is 5.01 Å². The highest BCUT2D eigenvalue weighted by molar-refractivity contribution is 7.17. The van der Waals surface area contributed by atoms with Gasteiger partial charge < -0.3 is 10.1 Å². The number of thiazole rings is 1. The molecule has 0 aliphatic carbocycles. The molecule has 0 saturated carbocycles. The quantitative estimate of drug-likeness (QED) is 0.745. The van der Waals surface area contributed by atoms with Crippen LogP contribution in [0.25, 0.3) is 10.6 Å². The van der Waals surface area contributed by atoms with Gasteiger partial charge in [-0.1, -0.05) is 23.5 Å². The molecular weight excluding hydrogens is 286 g/mol. The third-order valence-corrected chi connectivity index (χ3v) is 4.04. The standard InChI is InChI=1S/C15H9N3O2S/c19-13-12-15(20-11-6-2-1-5-10(11)17-13)21-14(18-12)9-4-3-7-16-8-9/h1-8H,(H,17,19). The van der Waals surface area contributed by atoms with Crippen LogP contribution in [-0.2, 0) is 0 Å². The number of rotatable bonds is 1. The van der Waals surface area contributed by atoms with Crippen LogP contribution in [0.2, 0.25) is 0 Å². The molecule has 6 heteroatoms. The number of para-hydroxylation sites is 2. The summed E-state index contributed by atoms with van der Waals surface area (Å²) < 4.78 is 5.83. The molecule has 3 aromatic rings. The van der Waals surface area contributed by atoms with Crippen LogP contribution in [0.4, 0.5) is 5.69 Å². The molecule has 3 heterocycles. The summed E-state index contributed by atoms with van der Waals surface area (Å²) in [5, 5.41) is 4.02. The maximum atomic E-state index is 12.3. The molecule has 0 unspecified atom stereocenters. The number of hydrogen-bond donors (Lipinski definition) is 1. The van der Waals surface area contributed by atoms with E-state index in [1.807, 2.05) is 30.3 Å². The van der Waals surface area contributed by atoms with Gasteiger partial charge in [0.25, 0.3) is 5.91 Å². The first-order valence-corrected chi connectivity index (χ1v) is 7.12. The minimum Gasteiger partial charge on any atom is -0.442 e. The fourth-order valence-electron chi connectivity index (χ4n) is 2.07. The average molecular weight is 295 g/mol. The number of anilines is 1. The summed E-state index contributed by atoms with van der Waals surface area (Å²) in [7, 11) is 0. The van der Waals surface area contributed by atoms with E-state index in [-0.39, 0.29) is 5.91 Å². The Hall–Kier alpha value is -2.73. The molecule has 4 rings (SSSR count). The molecule has 0 atom stereocenters. The van der Waals surface area contributed by atoms with Gasteiger partial charge >= 0.3 is 0 Å². The number of carbonyl (C=O) groups excluding carboxylic acids is 1. The van der Waals surface area contributed by atoms with Gasteiger partial charge in [0.05, 0.1) is 5.69 Å². The number of fused-ring (bicyclic) bond motifs is 2. The second-order valence-corrected chi connectivity index (χ2v) is 5.41. The molecule has 1 N–H and O–H groups in total. The van der Waals surface area contributed by atoms with Crippen molar-refractivity contribution < 1.29 is 9.53 Å². The van der Waals surface area contributed by atoms with E-state index in [1.54, 1.807) is 18.5 Å². The van der Waals surface area contributed by atoms with E-state index in [0.29, 0.717) is 27.2 Å². The fourth-order valence-corrected chi connectivity index (χ4v) is 2.99. The Bertz CT molecular complexity index is 830. The van der Waals surface area contributed by atoms with Crippen molar-refractivity contribution in [3.05, 3.63) is 54.5 Å². The lowest BCUT2D eigenvalue weighted by atomic mass is 10.3. The van der Waals surface area contributed by atoms with E-state index < -0.39 is 0 Å². The molecule has 1 aliphatic heterocycles. The van der Waals surface area contributed by atoms with Crippen molar-refractivity contribution in [3.8, 4) is 21.4 Å². The zero-order valence-electron chi connectivity index (χ0n) is 10.7. The molecule has 1 aliphatic rings. The Morgan fingerprint density at radius 2 is 2.05 bits per heavy atom. The number of amides is 1. The summed E-state index contributed by atoms with van der Waals surface area (Å²) in [4.78, 5) is 20.7. The lowest BCUT2D eigenvalue weighted by Crippen LogP contribution is -2.10. The zero-order valence-corrected chi connectivity index (χ0v) is 11.6. The molecule has 0 radical (unpaired) electrons. The summed E-state index contributed by atoms with van der Waals surface area (Å²) in [6, 6.07) is 11.0. The first-order valence-electron chi connectivity index (χ1n) is 6.31. The molecule has 102 valence electrons. The van der Waals surface area contributed by atoms with Gasteiger partial charge in [-0.15, -0.1) is 0 Å². The highest BCUT2D eigenvalue weighted by Gasteiger charge is 2.25. The van der Waals surface area contributed by atoms with E-state index in [4.69, 9.17) is 4.74 Å². The average Bonchev–Trinajstić information content (AvgIpc) is 2.89. The smallest absolute Gasteiger partial charge is 0.279 e. The van der Waals surface area contributed by atoms with Gasteiger partial charge in [-0.2, -0.15) is 0 Å². The monoisotopic (exact) mass is 295 g/mol. The zero-order chi connectivity index (χ0) is 14.2. The fraction of sp³-hybridized carbons (Fsp3) is 0. The van der Waals surface area contributed by atoms with Gasteiger partial charge in [-0.3, -0.25) is 9.78 Å². The number of aromatic nitrogens is 2. The Labute approximate surface area is 124 Å². The van der Waals surface area contributed by atoms with Crippen molar-refractivity contribution in [3.63, 3.8) is 0 Å². The van der Waals surface area contributed by atoms with E-state index in [0.717, 1.165) is 5.56 Å². The van der Waals surface area contributed by atoms with E-state index in [1.165, 1.54) is 11.3 Å². The van der Waals surface area contributed by atoms with E-state index >= 15 is 0 Å². The number of nitrogens with one attached hydrogen (secondary N) is 1. The van der Waals surface area contributed by atoms with Crippen LogP contribution >= 0.6 is 11.3 Å². The van der Waals surface area contributed by atoms with Crippen LogP contribution in [0.5, 0.6) is 10.8 Å². The second kappa shape index (κ2) is 4.68. The van der Waals surface area contributed by atoms with Crippen LogP contribution in [-0.4, -0.2) is 15.9 Å². The topological polar surface area (TPSA) is 64.1 Å². The van der Waals surface area contributed by atoms with Crippen LogP contribution in [0.15, 0.2) is 48.8 Å². The number of ether oxygens (including phenoxy) is 1. The van der Waals surface area contributed by atoms with E-state index in [9.17, 15) is 4.79 Å². The molecule has 0 spiro atoms. The van der Waals surface area contributed by atoms with Crippen LogP contribution in [0.3, 0.4) is 0 Å². The highest BCUT2D eigenvalue weighted by atomic mass is 32.1. The molecule has 0 saturated heterocycles. The molecule has 1 aromatic carbocycles. The maximum absolute atomic E-state index is 12.3. The van der Waals surface area contributed by atoms with Crippen molar-refractivity contribution in [2.75, 3.05) is 5.32 Å². The van der Waals surface area contributed by atoms with Crippen molar-refractivity contribution in [1.82, 2.24) is 9.97 Å². The molecule has 0 bridgehead atoms. The van der Waals surface area contributed by atoms with Gasteiger partial charge in [-0.25, -0.2) is 4.98 Å². The predicted octanol–water partition coefficient (Wildman–Crippen LogP) is 3.56. The Morgan fingerprint density at radius 3 is 2.90 bits per heavy atom. The molecule has 1 amide bonds. The number of pyridine rings is 1. The molecule has 5 nitrogen and oxygen atoms in total. The molecular formula is C15H9N3O2S. The predicted molar refractivity (Wildman–Crippen MR) is 79.8 cm³/mol. The van der Waals surface area contributed by atoms with Crippen LogP contribution in [0.1, 0.15) is 10.5 Å². The van der Waals surface area contributed by atoms with Crippen molar-refractivity contribution in [1.29, 1.82) is 0 Å². The normalized spacial score (nSPS) is 12.7. The van der Waals surface area contributed by atoms with Gasteiger partial charge in [0, 0.05) is 18.0 Å². The third kappa shape index (κ3) is 2.05. The lowest BCUT2D eigenvalue weighted by molar-refractivity contribution is 0.102. The first kappa shape index (κ1) is 12.0. The summed E-state index contributed by atoms with van der Waals surface area (Å²) >= 11 is 1.33. The summed E-state index contributed by atoms with van der Waals surface area (Å²) in [5.41, 5.74) is 1.81. The van der Waals surface area contributed by atoms with Gasteiger partial charge in [0.2, 0.25) is 5.06 Å². The Morgan fingerprint density at radius 1 is 1.14 bits per heavy atom. The number of carbonyl (C=O) groups is 1. The minimum atomic E-state index is -0.263. The third-order valence-electron chi connectivity index (χ3n) is 3.06. The SMILES string of the molecule is O=C1Nc2ccccc2Oc2sc(-c3cccnc3)nc21. The maximum Gasteiger partial charge on any atom is 0.279 e.